The molecule has 2 aromatic rings. The van der Waals surface area contributed by atoms with E-state index in [2.05, 4.69) is 70.4 Å². The van der Waals surface area contributed by atoms with Crippen molar-refractivity contribution in [2.45, 2.75) is 32.9 Å². The zero-order valence-electron chi connectivity index (χ0n) is 15.5. The highest BCUT2D eigenvalue weighted by Gasteiger charge is 2.25. The first kappa shape index (κ1) is 18.0. The van der Waals surface area contributed by atoms with Crippen molar-refractivity contribution in [1.29, 1.82) is 0 Å². The number of nitrogens with one attached hydrogen (secondary N) is 1. The predicted molar refractivity (Wildman–Crippen MR) is 99.2 cm³/mol. The third kappa shape index (κ3) is 4.45. The fourth-order valence-electron chi connectivity index (χ4n) is 3.26. The molecular formula is C19H29N5O. The maximum absolute atomic E-state index is 5.51. The van der Waals surface area contributed by atoms with Gasteiger partial charge in [-0.3, -0.25) is 9.80 Å². The SMILES string of the molecule is CCCN(CC)Cc1ccc(-c2nc(C3CNCCN3C)no2)cc1. The molecule has 0 bridgehead atoms. The van der Waals surface area contributed by atoms with E-state index in [1.165, 1.54) is 12.0 Å². The average Bonchev–Trinajstić information content (AvgIpc) is 3.12. The smallest absolute Gasteiger partial charge is 0.257 e. The zero-order chi connectivity index (χ0) is 17.6. The summed E-state index contributed by atoms with van der Waals surface area (Å²) < 4.78 is 5.51. The number of rotatable bonds is 7. The first-order chi connectivity index (χ1) is 12.2. The van der Waals surface area contributed by atoms with Gasteiger partial charge in [0.25, 0.3) is 5.89 Å². The van der Waals surface area contributed by atoms with Gasteiger partial charge in [0.1, 0.15) is 0 Å². The molecule has 6 heteroatoms. The van der Waals surface area contributed by atoms with Crippen LogP contribution < -0.4 is 5.32 Å². The number of nitrogens with zero attached hydrogens (tertiary/aromatic N) is 4. The van der Waals surface area contributed by atoms with E-state index in [0.29, 0.717) is 5.89 Å². The third-order valence-corrected chi connectivity index (χ3v) is 4.84. The molecule has 1 N–H and O–H groups in total. The number of piperazine rings is 1. The van der Waals surface area contributed by atoms with Gasteiger partial charge in [-0.25, -0.2) is 0 Å². The maximum atomic E-state index is 5.51. The minimum atomic E-state index is 0.178. The molecule has 0 aliphatic carbocycles. The lowest BCUT2D eigenvalue weighted by Crippen LogP contribution is -2.44. The average molecular weight is 343 g/mol. The van der Waals surface area contributed by atoms with Gasteiger partial charge in [-0.1, -0.05) is 31.1 Å². The molecule has 1 saturated heterocycles. The molecule has 3 rings (SSSR count). The summed E-state index contributed by atoms with van der Waals surface area (Å²) in [5, 5.41) is 7.59. The summed E-state index contributed by atoms with van der Waals surface area (Å²) in [6, 6.07) is 8.65. The highest BCUT2D eigenvalue weighted by molar-refractivity contribution is 5.53. The number of hydrogen-bond acceptors (Lipinski definition) is 6. The topological polar surface area (TPSA) is 57.4 Å². The molecule has 0 radical (unpaired) electrons. The molecule has 1 aliphatic rings. The van der Waals surface area contributed by atoms with E-state index in [0.717, 1.165) is 50.7 Å². The first-order valence-electron chi connectivity index (χ1n) is 9.27. The van der Waals surface area contributed by atoms with E-state index < -0.39 is 0 Å². The van der Waals surface area contributed by atoms with Crippen molar-refractivity contribution in [1.82, 2.24) is 25.3 Å². The van der Waals surface area contributed by atoms with E-state index >= 15 is 0 Å². The van der Waals surface area contributed by atoms with Crippen molar-refractivity contribution < 1.29 is 4.52 Å². The van der Waals surface area contributed by atoms with Gasteiger partial charge in [0, 0.05) is 31.7 Å². The van der Waals surface area contributed by atoms with Crippen LogP contribution in [0, 0.1) is 0 Å². The summed E-state index contributed by atoms with van der Waals surface area (Å²) >= 11 is 0. The highest BCUT2D eigenvalue weighted by Crippen LogP contribution is 2.23. The summed E-state index contributed by atoms with van der Waals surface area (Å²) in [6.07, 6.45) is 1.18. The lowest BCUT2D eigenvalue weighted by atomic mass is 10.1. The summed E-state index contributed by atoms with van der Waals surface area (Å²) in [5.41, 5.74) is 2.29. The minimum absolute atomic E-state index is 0.178. The van der Waals surface area contributed by atoms with E-state index in [4.69, 9.17) is 4.52 Å². The molecule has 136 valence electrons. The second-order valence-corrected chi connectivity index (χ2v) is 6.72. The van der Waals surface area contributed by atoms with Crippen molar-refractivity contribution in [2.75, 3.05) is 39.8 Å². The number of benzene rings is 1. The lowest BCUT2D eigenvalue weighted by Gasteiger charge is -2.30. The van der Waals surface area contributed by atoms with E-state index in [1.807, 2.05) is 0 Å². The Kier molecular flexibility index (Phi) is 6.18. The van der Waals surface area contributed by atoms with Gasteiger partial charge < -0.3 is 9.84 Å². The molecule has 1 aromatic carbocycles. The van der Waals surface area contributed by atoms with E-state index in [9.17, 15) is 0 Å². The van der Waals surface area contributed by atoms with Crippen LogP contribution in [0.1, 0.15) is 37.7 Å². The Labute approximate surface area is 150 Å². The maximum Gasteiger partial charge on any atom is 0.257 e. The molecule has 6 nitrogen and oxygen atoms in total. The van der Waals surface area contributed by atoms with Gasteiger partial charge in [-0.15, -0.1) is 0 Å². The Morgan fingerprint density at radius 3 is 2.76 bits per heavy atom. The van der Waals surface area contributed by atoms with Crippen LogP contribution in [0.3, 0.4) is 0 Å². The molecule has 1 fully saturated rings. The Morgan fingerprint density at radius 2 is 2.08 bits per heavy atom. The minimum Gasteiger partial charge on any atom is -0.334 e. The van der Waals surface area contributed by atoms with Crippen LogP contribution in [-0.2, 0) is 6.54 Å². The Balaban J connectivity index is 1.68. The molecule has 0 amide bonds. The number of likely N-dealkylation sites (N-methyl/N-ethyl adjacent to an activating group) is 1. The quantitative estimate of drug-likeness (QED) is 0.834. The molecular weight excluding hydrogens is 314 g/mol. The zero-order valence-corrected chi connectivity index (χ0v) is 15.5. The van der Waals surface area contributed by atoms with Gasteiger partial charge in [0.15, 0.2) is 5.82 Å². The van der Waals surface area contributed by atoms with Crippen molar-refractivity contribution in [3.8, 4) is 11.5 Å². The van der Waals surface area contributed by atoms with Crippen LogP contribution in [0.25, 0.3) is 11.5 Å². The van der Waals surface area contributed by atoms with Crippen molar-refractivity contribution in [2.24, 2.45) is 0 Å². The standard InChI is InChI=1S/C19H29N5O/c1-4-11-24(5-2)14-15-6-8-16(9-7-15)19-21-18(22-25-19)17-13-20-10-12-23(17)3/h6-9,17,20H,4-5,10-14H2,1-3H3. The van der Waals surface area contributed by atoms with Crippen LogP contribution in [0.5, 0.6) is 0 Å². The van der Waals surface area contributed by atoms with Crippen LogP contribution in [0.4, 0.5) is 0 Å². The molecule has 1 unspecified atom stereocenters. The molecule has 2 heterocycles. The fraction of sp³-hybridized carbons (Fsp3) is 0.579. The van der Waals surface area contributed by atoms with Crippen molar-refractivity contribution >= 4 is 0 Å². The summed E-state index contributed by atoms with van der Waals surface area (Å²) in [6.45, 7) is 10.5. The van der Waals surface area contributed by atoms with Crippen LogP contribution in [-0.4, -0.2) is 59.7 Å². The lowest BCUT2D eigenvalue weighted by molar-refractivity contribution is 0.190. The molecule has 25 heavy (non-hydrogen) atoms. The van der Waals surface area contributed by atoms with Crippen LogP contribution in [0.15, 0.2) is 28.8 Å². The van der Waals surface area contributed by atoms with Crippen molar-refractivity contribution in [3.05, 3.63) is 35.7 Å². The van der Waals surface area contributed by atoms with Gasteiger partial charge in [0.2, 0.25) is 0 Å². The van der Waals surface area contributed by atoms with Gasteiger partial charge in [-0.2, -0.15) is 4.98 Å². The fourth-order valence-corrected chi connectivity index (χ4v) is 3.26. The van der Waals surface area contributed by atoms with Gasteiger partial charge >= 0.3 is 0 Å². The van der Waals surface area contributed by atoms with E-state index in [-0.39, 0.29) is 6.04 Å². The second-order valence-electron chi connectivity index (χ2n) is 6.72. The summed E-state index contributed by atoms with van der Waals surface area (Å²) in [5.74, 6) is 1.36. The monoisotopic (exact) mass is 343 g/mol. The highest BCUT2D eigenvalue weighted by atomic mass is 16.5. The second kappa shape index (κ2) is 8.56. The van der Waals surface area contributed by atoms with Crippen LogP contribution >= 0.6 is 0 Å². The van der Waals surface area contributed by atoms with Gasteiger partial charge in [-0.05, 0) is 44.3 Å². The third-order valence-electron chi connectivity index (χ3n) is 4.84. The Bertz CT molecular complexity index is 654. The normalized spacial score (nSPS) is 18.8. The number of aromatic nitrogens is 2. The Hall–Kier alpha value is -1.76. The molecule has 0 saturated carbocycles. The van der Waals surface area contributed by atoms with Gasteiger partial charge in [0.05, 0.1) is 6.04 Å². The molecule has 1 aromatic heterocycles. The number of hydrogen-bond donors (Lipinski definition) is 1. The molecule has 1 aliphatic heterocycles. The van der Waals surface area contributed by atoms with Crippen LogP contribution in [0.2, 0.25) is 0 Å². The summed E-state index contributed by atoms with van der Waals surface area (Å²) in [7, 11) is 2.10. The first-order valence-corrected chi connectivity index (χ1v) is 9.27. The van der Waals surface area contributed by atoms with E-state index in [1.54, 1.807) is 0 Å². The largest absolute Gasteiger partial charge is 0.334 e. The van der Waals surface area contributed by atoms with Crippen molar-refractivity contribution in [3.63, 3.8) is 0 Å². The Morgan fingerprint density at radius 1 is 1.28 bits per heavy atom. The molecule has 1 atom stereocenters. The molecule has 0 spiro atoms. The predicted octanol–water partition coefficient (Wildman–Crippen LogP) is 2.54. The summed E-state index contributed by atoms with van der Waals surface area (Å²) in [4.78, 5) is 9.34.